The summed E-state index contributed by atoms with van der Waals surface area (Å²) in [5.41, 5.74) is 0. The Morgan fingerprint density at radius 1 is 1.53 bits per heavy atom. The van der Waals surface area contributed by atoms with Crippen LogP contribution in [-0.4, -0.2) is 58.5 Å². The van der Waals surface area contributed by atoms with Gasteiger partial charge in [0.2, 0.25) is 5.91 Å². The van der Waals surface area contributed by atoms with Gasteiger partial charge in [-0.05, 0) is 19.4 Å². The quantitative estimate of drug-likeness (QED) is 0.825. The van der Waals surface area contributed by atoms with E-state index in [1.54, 1.807) is 17.1 Å². The average Bonchev–Trinajstić information content (AvgIpc) is 2.97. The number of fused-ring (bicyclic) bond motifs is 1. The predicted octanol–water partition coefficient (Wildman–Crippen LogP) is -0.139. The molecule has 0 radical (unpaired) electrons. The van der Waals surface area contributed by atoms with Gasteiger partial charge in [-0.25, -0.2) is 0 Å². The van der Waals surface area contributed by atoms with E-state index in [-0.39, 0.29) is 11.9 Å². The Kier molecular flexibility index (Phi) is 3.52. The van der Waals surface area contributed by atoms with Gasteiger partial charge in [-0.2, -0.15) is 5.10 Å². The molecule has 2 aliphatic rings. The maximum atomic E-state index is 11.9. The van der Waals surface area contributed by atoms with Crippen molar-refractivity contribution in [2.45, 2.75) is 38.1 Å². The Bertz CT molecular complexity index is 434. The summed E-state index contributed by atoms with van der Waals surface area (Å²) in [6, 6.07) is 2.52. The van der Waals surface area contributed by atoms with Gasteiger partial charge in [0.1, 0.15) is 6.54 Å². The number of hydrogen-bond acceptors (Lipinski definition) is 4. The number of rotatable bonds is 3. The maximum absolute atomic E-state index is 11.9. The topological polar surface area (TPSA) is 59.4 Å². The fourth-order valence-electron chi connectivity index (χ4n) is 2.96. The lowest BCUT2D eigenvalue weighted by atomic mass is 10.1. The van der Waals surface area contributed by atoms with Crippen molar-refractivity contribution in [2.24, 2.45) is 0 Å². The molecule has 3 heterocycles. The summed E-state index contributed by atoms with van der Waals surface area (Å²) >= 11 is 0. The summed E-state index contributed by atoms with van der Waals surface area (Å²) in [6.07, 6.45) is 4.77. The van der Waals surface area contributed by atoms with Crippen molar-refractivity contribution in [3.05, 3.63) is 18.5 Å². The first kappa shape index (κ1) is 12.6. The van der Waals surface area contributed by atoms with Gasteiger partial charge in [-0.3, -0.25) is 14.4 Å². The molecular weight excluding hydrogens is 244 g/mol. The summed E-state index contributed by atoms with van der Waals surface area (Å²) in [6.45, 7) is 5.08. The first-order valence-electron chi connectivity index (χ1n) is 6.83. The van der Waals surface area contributed by atoms with Crippen LogP contribution in [0.25, 0.3) is 0 Å². The number of nitrogens with zero attached hydrogens (tertiary/aromatic N) is 3. The predicted molar refractivity (Wildman–Crippen MR) is 69.5 cm³/mol. The number of hydrogen-bond donors (Lipinski definition) is 1. The fraction of sp³-hybridized carbons (Fsp3) is 0.692. The minimum absolute atomic E-state index is 0.0301. The molecule has 0 bridgehead atoms. The third-order valence-electron chi connectivity index (χ3n) is 3.82. The van der Waals surface area contributed by atoms with E-state index in [9.17, 15) is 4.79 Å². The van der Waals surface area contributed by atoms with E-state index in [1.165, 1.54) is 0 Å². The van der Waals surface area contributed by atoms with Gasteiger partial charge in [-0.15, -0.1) is 0 Å². The number of amides is 1. The van der Waals surface area contributed by atoms with E-state index in [0.29, 0.717) is 18.7 Å². The molecule has 2 fully saturated rings. The highest BCUT2D eigenvalue weighted by Gasteiger charge is 2.36. The highest BCUT2D eigenvalue weighted by molar-refractivity contribution is 5.76. The molecule has 0 spiro atoms. The SMILES string of the molecule is C[C@@H]1CN2C[C@@H](NC(=O)Cn3cccn3)C[C@H]2CO1. The van der Waals surface area contributed by atoms with Gasteiger partial charge < -0.3 is 10.1 Å². The van der Waals surface area contributed by atoms with Crippen LogP contribution in [-0.2, 0) is 16.1 Å². The van der Waals surface area contributed by atoms with Crippen molar-refractivity contribution in [1.82, 2.24) is 20.0 Å². The average molecular weight is 264 g/mol. The standard InChI is InChI=1S/C13H20N4O2/c1-10-6-16-7-11(5-12(16)9-19-10)15-13(18)8-17-4-2-3-14-17/h2-4,10-12H,5-9H2,1H3,(H,15,18)/t10-,11+,12+/m1/s1. The van der Waals surface area contributed by atoms with Crippen LogP contribution in [0.15, 0.2) is 18.5 Å². The zero-order chi connectivity index (χ0) is 13.2. The molecule has 1 aromatic heterocycles. The van der Waals surface area contributed by atoms with Gasteiger partial charge in [-0.1, -0.05) is 0 Å². The summed E-state index contributed by atoms with van der Waals surface area (Å²) in [7, 11) is 0. The zero-order valence-corrected chi connectivity index (χ0v) is 11.2. The lowest BCUT2D eigenvalue weighted by Crippen LogP contribution is -2.45. The van der Waals surface area contributed by atoms with E-state index < -0.39 is 0 Å². The summed E-state index contributed by atoms with van der Waals surface area (Å²) in [4.78, 5) is 14.3. The normalized spacial score (nSPS) is 31.1. The van der Waals surface area contributed by atoms with Crippen LogP contribution in [0.1, 0.15) is 13.3 Å². The molecule has 3 rings (SSSR count). The highest BCUT2D eigenvalue weighted by atomic mass is 16.5. The molecule has 104 valence electrons. The summed E-state index contributed by atoms with van der Waals surface area (Å²) in [5, 5.41) is 7.13. The van der Waals surface area contributed by atoms with Crippen LogP contribution in [0.2, 0.25) is 0 Å². The molecule has 3 atom stereocenters. The van der Waals surface area contributed by atoms with Gasteiger partial charge in [0, 0.05) is 37.6 Å². The minimum Gasteiger partial charge on any atom is -0.376 e. The molecule has 6 heteroatoms. The monoisotopic (exact) mass is 264 g/mol. The van der Waals surface area contributed by atoms with Crippen molar-refractivity contribution in [3.8, 4) is 0 Å². The number of morpholine rings is 1. The Hall–Kier alpha value is -1.40. The van der Waals surface area contributed by atoms with Crippen LogP contribution in [0.5, 0.6) is 0 Å². The number of ether oxygens (including phenoxy) is 1. The van der Waals surface area contributed by atoms with E-state index in [4.69, 9.17) is 4.74 Å². The second kappa shape index (κ2) is 5.30. The second-order valence-electron chi connectivity index (χ2n) is 5.46. The lowest BCUT2D eigenvalue weighted by Gasteiger charge is -2.33. The smallest absolute Gasteiger partial charge is 0.241 e. The first-order chi connectivity index (χ1) is 9.20. The van der Waals surface area contributed by atoms with Crippen molar-refractivity contribution in [2.75, 3.05) is 19.7 Å². The molecule has 2 aliphatic heterocycles. The summed E-state index contributed by atoms with van der Waals surface area (Å²) < 4.78 is 7.30. The molecule has 0 aromatic carbocycles. The Labute approximate surface area is 112 Å². The van der Waals surface area contributed by atoms with Gasteiger partial charge in [0.05, 0.1) is 12.7 Å². The van der Waals surface area contributed by atoms with Crippen molar-refractivity contribution < 1.29 is 9.53 Å². The molecule has 1 amide bonds. The third kappa shape index (κ3) is 2.96. The molecule has 1 aromatic rings. The summed E-state index contributed by atoms with van der Waals surface area (Å²) in [5.74, 6) is 0.0301. The van der Waals surface area contributed by atoms with Gasteiger partial charge in [0.25, 0.3) is 0 Å². The van der Waals surface area contributed by atoms with Crippen molar-refractivity contribution in [1.29, 1.82) is 0 Å². The molecule has 1 N–H and O–H groups in total. The van der Waals surface area contributed by atoms with Gasteiger partial charge >= 0.3 is 0 Å². The van der Waals surface area contributed by atoms with E-state index in [0.717, 1.165) is 26.1 Å². The number of aromatic nitrogens is 2. The molecular formula is C13H20N4O2. The number of carbonyl (C=O) groups excluding carboxylic acids is 1. The first-order valence-corrected chi connectivity index (χ1v) is 6.83. The zero-order valence-electron chi connectivity index (χ0n) is 11.2. The third-order valence-corrected chi connectivity index (χ3v) is 3.82. The largest absolute Gasteiger partial charge is 0.376 e. The van der Waals surface area contributed by atoms with Gasteiger partial charge in [0.15, 0.2) is 0 Å². The molecule has 0 saturated carbocycles. The maximum Gasteiger partial charge on any atom is 0.241 e. The lowest BCUT2D eigenvalue weighted by molar-refractivity contribution is -0.122. The molecule has 19 heavy (non-hydrogen) atoms. The van der Waals surface area contributed by atoms with Crippen molar-refractivity contribution in [3.63, 3.8) is 0 Å². The van der Waals surface area contributed by atoms with Crippen LogP contribution in [0, 0.1) is 0 Å². The van der Waals surface area contributed by atoms with Crippen LogP contribution < -0.4 is 5.32 Å². The van der Waals surface area contributed by atoms with Crippen LogP contribution in [0.3, 0.4) is 0 Å². The number of nitrogens with one attached hydrogen (secondary N) is 1. The molecule has 0 unspecified atom stereocenters. The van der Waals surface area contributed by atoms with Crippen molar-refractivity contribution >= 4 is 5.91 Å². The van der Waals surface area contributed by atoms with Crippen LogP contribution in [0.4, 0.5) is 0 Å². The van der Waals surface area contributed by atoms with E-state index >= 15 is 0 Å². The van der Waals surface area contributed by atoms with E-state index in [2.05, 4.69) is 22.2 Å². The Morgan fingerprint density at radius 2 is 2.42 bits per heavy atom. The minimum atomic E-state index is 0.0301. The van der Waals surface area contributed by atoms with E-state index in [1.807, 2.05) is 6.07 Å². The highest BCUT2D eigenvalue weighted by Crippen LogP contribution is 2.22. The number of carbonyl (C=O) groups is 1. The van der Waals surface area contributed by atoms with Crippen LogP contribution >= 0.6 is 0 Å². The Morgan fingerprint density at radius 3 is 3.21 bits per heavy atom. The second-order valence-corrected chi connectivity index (χ2v) is 5.46. The molecule has 6 nitrogen and oxygen atoms in total. The molecule has 0 aliphatic carbocycles. The fourth-order valence-corrected chi connectivity index (χ4v) is 2.96. The Balaban J connectivity index is 1.50. The molecule has 2 saturated heterocycles.